The number of benzene rings is 2. The van der Waals surface area contributed by atoms with Crippen molar-refractivity contribution < 1.29 is 14.6 Å². The zero-order chi connectivity index (χ0) is 17.5. The summed E-state index contributed by atoms with van der Waals surface area (Å²) in [6.07, 6.45) is 1.38. The van der Waals surface area contributed by atoms with Gasteiger partial charge in [-0.1, -0.05) is 32.0 Å². The minimum Gasteiger partial charge on any atom is -0.507 e. The van der Waals surface area contributed by atoms with Crippen LogP contribution >= 0.6 is 15.9 Å². The average Bonchev–Trinajstić information content (AvgIpc) is 2.55. The van der Waals surface area contributed by atoms with Crippen LogP contribution in [0.25, 0.3) is 0 Å². The lowest BCUT2D eigenvalue weighted by atomic mass is 10.0. The monoisotopic (exact) mass is 390 g/mol. The third-order valence-corrected chi connectivity index (χ3v) is 3.93. The van der Waals surface area contributed by atoms with Gasteiger partial charge in [0.25, 0.3) is 5.91 Å². The Labute approximate surface area is 149 Å². The molecular formula is C18H19BrN2O3. The van der Waals surface area contributed by atoms with Gasteiger partial charge in [0.1, 0.15) is 11.5 Å². The van der Waals surface area contributed by atoms with E-state index < -0.39 is 0 Å². The van der Waals surface area contributed by atoms with E-state index >= 15 is 0 Å². The van der Waals surface area contributed by atoms with Crippen molar-refractivity contribution in [3.05, 3.63) is 58.1 Å². The lowest BCUT2D eigenvalue weighted by molar-refractivity contribution is -0.123. The summed E-state index contributed by atoms with van der Waals surface area (Å²) in [6.45, 7) is 4.06. The fraction of sp³-hybridized carbons (Fsp3) is 0.222. The second-order valence-electron chi connectivity index (χ2n) is 5.49. The van der Waals surface area contributed by atoms with E-state index in [1.165, 1.54) is 11.8 Å². The number of phenolic OH excluding ortho intramolecular Hbond substituents is 1. The van der Waals surface area contributed by atoms with Crippen LogP contribution in [0.4, 0.5) is 0 Å². The van der Waals surface area contributed by atoms with E-state index in [1.807, 2.05) is 18.2 Å². The van der Waals surface area contributed by atoms with Crippen molar-refractivity contribution in [2.45, 2.75) is 19.8 Å². The van der Waals surface area contributed by atoms with Gasteiger partial charge in [0.2, 0.25) is 0 Å². The molecule has 0 saturated carbocycles. The zero-order valence-electron chi connectivity index (χ0n) is 13.5. The Balaban J connectivity index is 1.86. The summed E-state index contributed by atoms with van der Waals surface area (Å²) in [5, 5.41) is 13.4. The maximum Gasteiger partial charge on any atom is 0.277 e. The number of ether oxygens (including phenoxy) is 1. The van der Waals surface area contributed by atoms with Crippen molar-refractivity contribution in [3.63, 3.8) is 0 Å². The highest BCUT2D eigenvalue weighted by atomic mass is 79.9. The number of nitrogens with zero attached hydrogens (tertiary/aromatic N) is 1. The number of hydrogen-bond acceptors (Lipinski definition) is 4. The zero-order valence-corrected chi connectivity index (χ0v) is 15.1. The first-order chi connectivity index (χ1) is 11.5. The summed E-state index contributed by atoms with van der Waals surface area (Å²) in [7, 11) is 0. The molecule has 0 aliphatic carbocycles. The van der Waals surface area contributed by atoms with Crippen molar-refractivity contribution in [1.29, 1.82) is 0 Å². The first-order valence-corrected chi connectivity index (χ1v) is 8.29. The van der Waals surface area contributed by atoms with Gasteiger partial charge >= 0.3 is 0 Å². The molecule has 0 aliphatic heterocycles. The number of rotatable bonds is 6. The lowest BCUT2D eigenvalue weighted by Gasteiger charge is -2.10. The van der Waals surface area contributed by atoms with E-state index in [9.17, 15) is 9.90 Å². The number of aromatic hydroxyl groups is 1. The second-order valence-corrected chi connectivity index (χ2v) is 6.34. The maximum atomic E-state index is 11.8. The van der Waals surface area contributed by atoms with Crippen LogP contribution in [-0.4, -0.2) is 23.8 Å². The second kappa shape index (κ2) is 8.49. The molecule has 0 fully saturated rings. The number of amides is 1. The highest BCUT2D eigenvalue weighted by Gasteiger charge is 2.07. The topological polar surface area (TPSA) is 70.9 Å². The van der Waals surface area contributed by atoms with Gasteiger partial charge in [0.15, 0.2) is 6.61 Å². The van der Waals surface area contributed by atoms with Crippen LogP contribution in [-0.2, 0) is 4.79 Å². The van der Waals surface area contributed by atoms with Crippen LogP contribution in [0.5, 0.6) is 11.5 Å². The van der Waals surface area contributed by atoms with Gasteiger partial charge in [-0.05, 0) is 51.7 Å². The van der Waals surface area contributed by atoms with Crippen molar-refractivity contribution in [2.24, 2.45) is 5.10 Å². The minimum absolute atomic E-state index is 0.0981. The predicted octanol–water partition coefficient (Wildman–Crippen LogP) is 3.81. The summed E-state index contributed by atoms with van der Waals surface area (Å²) in [4.78, 5) is 11.8. The molecule has 0 unspecified atom stereocenters. The molecule has 126 valence electrons. The largest absolute Gasteiger partial charge is 0.507 e. The Bertz CT molecular complexity index is 745. The van der Waals surface area contributed by atoms with Crippen molar-refractivity contribution in [2.75, 3.05) is 6.61 Å². The normalized spacial score (nSPS) is 11.0. The van der Waals surface area contributed by atoms with Crippen LogP contribution in [0.3, 0.4) is 0 Å². The molecule has 2 aromatic carbocycles. The number of halogens is 1. The average molecular weight is 391 g/mol. The van der Waals surface area contributed by atoms with Crippen LogP contribution < -0.4 is 10.2 Å². The molecule has 6 heteroatoms. The molecule has 2 aromatic rings. The van der Waals surface area contributed by atoms with E-state index in [4.69, 9.17) is 4.74 Å². The van der Waals surface area contributed by atoms with Crippen LogP contribution in [0, 0.1) is 0 Å². The van der Waals surface area contributed by atoms with Crippen molar-refractivity contribution in [1.82, 2.24) is 5.43 Å². The molecule has 2 rings (SSSR count). The Morgan fingerprint density at radius 2 is 2.08 bits per heavy atom. The molecule has 0 bridgehead atoms. The van der Waals surface area contributed by atoms with Crippen molar-refractivity contribution in [3.8, 4) is 11.5 Å². The molecule has 24 heavy (non-hydrogen) atoms. The number of nitrogens with one attached hydrogen (secondary N) is 1. The van der Waals surface area contributed by atoms with Crippen LogP contribution in [0.1, 0.15) is 30.9 Å². The van der Waals surface area contributed by atoms with E-state index in [2.05, 4.69) is 40.3 Å². The highest BCUT2D eigenvalue weighted by Crippen LogP contribution is 2.28. The van der Waals surface area contributed by atoms with E-state index in [-0.39, 0.29) is 18.3 Å². The molecule has 0 heterocycles. The summed E-state index contributed by atoms with van der Waals surface area (Å²) in [5.41, 5.74) is 4.06. The lowest BCUT2D eigenvalue weighted by Crippen LogP contribution is -2.24. The molecule has 5 nitrogen and oxygen atoms in total. The summed E-state index contributed by atoms with van der Waals surface area (Å²) in [5.74, 6) is 0.726. The number of para-hydroxylation sites is 1. The first-order valence-electron chi connectivity index (χ1n) is 7.49. The van der Waals surface area contributed by atoms with Gasteiger partial charge in [0, 0.05) is 5.56 Å². The standard InChI is InChI=1S/C18H19BrN2O3/c1-12(2)13-7-8-17(15(19)9-13)24-11-18(23)21-20-10-14-5-3-4-6-16(14)22/h3-10,12,22H,11H2,1-2H3,(H,21,23). The number of carbonyl (C=O) groups is 1. The van der Waals surface area contributed by atoms with Crippen LogP contribution in [0.15, 0.2) is 52.0 Å². The number of hydrogen-bond donors (Lipinski definition) is 2. The number of hydrazone groups is 1. The molecule has 0 aliphatic rings. The predicted molar refractivity (Wildman–Crippen MR) is 97.6 cm³/mol. The maximum absolute atomic E-state index is 11.8. The Kier molecular flexibility index (Phi) is 6.37. The molecule has 2 N–H and O–H groups in total. The van der Waals surface area contributed by atoms with Crippen molar-refractivity contribution >= 4 is 28.1 Å². The molecule has 0 atom stereocenters. The van der Waals surface area contributed by atoms with E-state index in [0.29, 0.717) is 17.2 Å². The van der Waals surface area contributed by atoms with Gasteiger partial charge in [-0.25, -0.2) is 5.43 Å². The fourth-order valence-corrected chi connectivity index (χ4v) is 2.45. The number of carbonyl (C=O) groups excluding carboxylic acids is 1. The summed E-state index contributed by atoms with van der Waals surface area (Å²) >= 11 is 3.44. The van der Waals surface area contributed by atoms with Gasteiger partial charge in [-0.3, -0.25) is 4.79 Å². The Morgan fingerprint density at radius 1 is 1.33 bits per heavy atom. The van der Waals surface area contributed by atoms with E-state index in [0.717, 1.165) is 4.47 Å². The third kappa shape index (κ3) is 5.09. The third-order valence-electron chi connectivity index (χ3n) is 3.31. The molecule has 0 radical (unpaired) electrons. The summed E-state index contributed by atoms with van der Waals surface area (Å²) < 4.78 is 6.28. The number of phenols is 1. The Morgan fingerprint density at radius 3 is 2.75 bits per heavy atom. The fourth-order valence-electron chi connectivity index (χ4n) is 1.94. The smallest absolute Gasteiger partial charge is 0.277 e. The SMILES string of the molecule is CC(C)c1ccc(OCC(=O)NN=Cc2ccccc2O)c(Br)c1. The first kappa shape index (κ1) is 18.0. The van der Waals surface area contributed by atoms with Crippen LogP contribution in [0.2, 0.25) is 0 Å². The molecule has 1 amide bonds. The van der Waals surface area contributed by atoms with Gasteiger partial charge in [0.05, 0.1) is 10.7 Å². The molecular weight excluding hydrogens is 372 g/mol. The van der Waals surface area contributed by atoms with Gasteiger partial charge in [-0.2, -0.15) is 5.10 Å². The minimum atomic E-state index is -0.387. The van der Waals surface area contributed by atoms with Gasteiger partial charge < -0.3 is 9.84 Å². The summed E-state index contributed by atoms with van der Waals surface area (Å²) in [6, 6.07) is 12.5. The quantitative estimate of drug-likeness (QED) is 0.581. The Hall–Kier alpha value is -2.34. The van der Waals surface area contributed by atoms with E-state index in [1.54, 1.807) is 24.3 Å². The highest BCUT2D eigenvalue weighted by molar-refractivity contribution is 9.10. The van der Waals surface area contributed by atoms with Gasteiger partial charge in [-0.15, -0.1) is 0 Å². The molecule has 0 aromatic heterocycles. The molecule has 0 spiro atoms. The molecule has 0 saturated heterocycles.